The van der Waals surface area contributed by atoms with Gasteiger partial charge in [0.2, 0.25) is 3.82 Å². The van der Waals surface area contributed by atoms with Gasteiger partial charge in [0.05, 0.1) is 19.4 Å². The highest BCUT2D eigenvalue weighted by molar-refractivity contribution is 7.99. The minimum absolute atomic E-state index is 0. The Hall–Kier alpha value is -0.930. The number of aromatic nitrogens is 4. The van der Waals surface area contributed by atoms with Crippen molar-refractivity contribution in [1.29, 1.82) is 0 Å². The molecule has 3 unspecified atom stereocenters. The van der Waals surface area contributed by atoms with Gasteiger partial charge in [-0.2, -0.15) is 26.3 Å². The summed E-state index contributed by atoms with van der Waals surface area (Å²) >= 11 is 10.4. The number of aliphatic hydroxyl groups excluding tert-OH is 2. The third-order valence-corrected chi connectivity index (χ3v) is 13.7. The van der Waals surface area contributed by atoms with Crippen LogP contribution in [0.1, 0.15) is 12.6 Å². The quantitative estimate of drug-likeness (QED) is 0.0500. The van der Waals surface area contributed by atoms with Crippen LogP contribution in [0, 0.1) is 0 Å². The van der Waals surface area contributed by atoms with E-state index in [1.807, 2.05) is 5.32 Å². The van der Waals surface area contributed by atoms with Crippen molar-refractivity contribution in [2.24, 2.45) is 0 Å². The predicted octanol–water partition coefficient (Wildman–Crippen LogP) is 2.28. The average Bonchev–Trinajstić information content (AvgIpc) is 3.39. The van der Waals surface area contributed by atoms with Crippen LogP contribution in [-0.2, 0) is 27.3 Å². The number of quaternary nitrogens is 3. The summed E-state index contributed by atoms with van der Waals surface area (Å²) in [7, 11) is -18.7. The van der Waals surface area contributed by atoms with E-state index in [-0.39, 0.29) is 18.5 Å². The number of anilines is 1. The fourth-order valence-electron chi connectivity index (χ4n) is 3.33. The summed E-state index contributed by atoms with van der Waals surface area (Å²) in [5, 5.41) is 22.4. The molecule has 3 rings (SSSR count). The van der Waals surface area contributed by atoms with Gasteiger partial charge in [0, 0.05) is 5.75 Å². The van der Waals surface area contributed by atoms with E-state index in [0.717, 1.165) is 10.9 Å². The Kier molecular flexibility index (Phi) is 16.3. The summed E-state index contributed by atoms with van der Waals surface area (Å²) in [5.74, 6) is -1.22. The summed E-state index contributed by atoms with van der Waals surface area (Å²) in [5.41, 5.74) is -0.808. The topological polar surface area (TPSA) is 374 Å². The summed E-state index contributed by atoms with van der Waals surface area (Å²) in [6.45, 7) is -2.98. The van der Waals surface area contributed by atoms with Crippen molar-refractivity contribution >= 4 is 75.0 Å². The van der Waals surface area contributed by atoms with Crippen molar-refractivity contribution in [3.05, 3.63) is 6.33 Å². The third-order valence-electron chi connectivity index (χ3n) is 5.36. The molecule has 2 aromatic rings. The molecule has 20 nitrogen and oxygen atoms in total. The van der Waals surface area contributed by atoms with E-state index in [1.54, 1.807) is 0 Å². The number of imidazole rings is 1. The number of fused-ring (bicyclic) bond motifs is 1. The first-order chi connectivity index (χ1) is 20.2. The second kappa shape index (κ2) is 16.6. The van der Waals surface area contributed by atoms with Gasteiger partial charge in [0.15, 0.2) is 43.6 Å². The number of hydrogen-bond donors (Lipinski definition) is 7. The lowest BCUT2D eigenvalue weighted by Gasteiger charge is -2.41. The van der Waals surface area contributed by atoms with Crippen molar-refractivity contribution in [1.82, 2.24) is 38.0 Å². The highest BCUT2D eigenvalue weighted by atomic mass is 35.5. The molecule has 0 aliphatic carbocycles. The fourth-order valence-corrected chi connectivity index (χ4v) is 8.24. The molecule has 0 aromatic carbocycles. The SMILES string of the molecule is O=P([O-])(OC[C@H]1O[C@@H](n2cnc3c(NCC(F)(F)F)nc(SCCC(F)(F)F)nc32)[C@H](O)[C@@H]1O)OP(=O)([O-])C(Cl)(Cl)P(=O)([O-])O.[NH4+].[NH4+].[NH4+]. The molecule has 0 bridgehead atoms. The maximum absolute atomic E-state index is 12.8. The maximum atomic E-state index is 12.8. The number of thioether (sulfide) groups is 1. The molecule has 282 valence electrons. The second-order valence-corrected chi connectivity index (χ2v) is 17.7. The van der Waals surface area contributed by atoms with Crippen LogP contribution >= 0.6 is 58.0 Å². The lowest BCUT2D eigenvalue weighted by atomic mass is 10.1. The van der Waals surface area contributed by atoms with E-state index < -0.39 is 111 Å². The molecular formula is C16H29Cl2F6N8O12P3S. The van der Waals surface area contributed by atoms with Crippen LogP contribution in [0.25, 0.3) is 11.2 Å². The molecule has 0 spiro atoms. The van der Waals surface area contributed by atoms with Crippen molar-refractivity contribution in [2.45, 2.75) is 52.3 Å². The maximum Gasteiger partial charge on any atom is 0.405 e. The Balaban J connectivity index is 0.00000736. The fraction of sp³-hybridized carbons (Fsp3) is 0.688. The zero-order valence-corrected chi connectivity index (χ0v) is 29.3. The molecule has 0 amide bonds. The van der Waals surface area contributed by atoms with Crippen molar-refractivity contribution in [2.75, 3.05) is 24.2 Å². The Morgan fingerprint density at radius 3 is 2.12 bits per heavy atom. The molecule has 32 heteroatoms. The number of aliphatic hydroxyl groups is 2. The minimum atomic E-state index is -6.42. The lowest BCUT2D eigenvalue weighted by Crippen LogP contribution is -2.34. The number of alkyl halides is 8. The van der Waals surface area contributed by atoms with Crippen LogP contribution in [-0.4, -0.2) is 88.0 Å². The summed E-state index contributed by atoms with van der Waals surface area (Å²) < 4.78 is 121. The van der Waals surface area contributed by atoms with Gasteiger partial charge in [-0.3, -0.25) is 13.4 Å². The molecule has 1 aliphatic rings. The molecule has 3 heterocycles. The van der Waals surface area contributed by atoms with Gasteiger partial charge < -0.3 is 71.9 Å². The Morgan fingerprint density at radius 1 is 1.02 bits per heavy atom. The number of nitrogens with one attached hydrogen (secondary N) is 1. The highest BCUT2D eigenvalue weighted by Gasteiger charge is 2.50. The van der Waals surface area contributed by atoms with Gasteiger partial charge in [-0.15, -0.1) is 0 Å². The average molecular weight is 835 g/mol. The van der Waals surface area contributed by atoms with E-state index in [0.29, 0.717) is 11.8 Å². The number of rotatable bonds is 13. The van der Waals surface area contributed by atoms with Gasteiger partial charge in [0.25, 0.3) is 7.82 Å². The van der Waals surface area contributed by atoms with Gasteiger partial charge in [-0.25, -0.2) is 15.0 Å². The number of nitrogens with zero attached hydrogens (tertiary/aromatic N) is 4. The zero-order valence-electron chi connectivity index (χ0n) is 24.3. The highest BCUT2D eigenvalue weighted by Crippen LogP contribution is 2.75. The molecule has 1 fully saturated rings. The third kappa shape index (κ3) is 11.5. The van der Waals surface area contributed by atoms with E-state index in [9.17, 15) is 64.9 Å². The van der Waals surface area contributed by atoms with Crippen LogP contribution in [0.2, 0.25) is 0 Å². The molecular weight excluding hydrogens is 806 g/mol. The van der Waals surface area contributed by atoms with E-state index in [1.165, 1.54) is 0 Å². The molecule has 48 heavy (non-hydrogen) atoms. The largest absolute Gasteiger partial charge is 0.776 e. The lowest BCUT2D eigenvalue weighted by molar-refractivity contribution is -0.235. The van der Waals surface area contributed by atoms with Crippen LogP contribution in [0.4, 0.5) is 32.2 Å². The zero-order chi connectivity index (χ0) is 34.4. The standard InChI is InChI=1S/C16H20Cl2F6N5O12P3S.3H3N/c17-16(18,42(32,33)34)43(35,36)41-44(37,38)39-3-6-8(30)9(31)12(40-6)29-5-26-7-10(25-4-15(22,23)24)27-13(28-11(7)29)45-2-1-14(19,20)21;;;/h5-6,8-9,12,30-31H,1-4H2,(H,35,36)(H,37,38)(H,25,27,28)(H2,32,33,34);3*1H3/t6-,8-,9-,12-;;;/m1.../s1. The van der Waals surface area contributed by atoms with Gasteiger partial charge in [-0.05, 0) is 0 Å². The van der Waals surface area contributed by atoms with Crippen LogP contribution in [0.5, 0.6) is 0 Å². The first kappa shape index (κ1) is 47.1. The number of halogens is 8. The number of hydrogen-bond acceptors (Lipinski definition) is 16. The van der Waals surface area contributed by atoms with Crippen LogP contribution < -0.4 is 38.4 Å². The second-order valence-electron chi connectivity index (χ2n) is 8.76. The number of phosphoric ester groups is 1. The molecule has 7 atom stereocenters. The van der Waals surface area contributed by atoms with Crippen LogP contribution in [0.3, 0.4) is 0 Å². The molecule has 0 saturated carbocycles. The van der Waals surface area contributed by atoms with Gasteiger partial charge in [-0.1, -0.05) is 35.0 Å². The smallest absolute Gasteiger partial charge is 0.405 e. The van der Waals surface area contributed by atoms with Gasteiger partial charge >= 0.3 is 12.4 Å². The van der Waals surface area contributed by atoms with E-state index in [4.69, 9.17) is 32.8 Å². The summed E-state index contributed by atoms with van der Waals surface area (Å²) in [6.07, 6.45) is -17.5. The first-order valence-electron chi connectivity index (χ1n) is 11.4. The molecule has 0 radical (unpaired) electrons. The van der Waals surface area contributed by atoms with Crippen molar-refractivity contribution in [3.63, 3.8) is 0 Å². The summed E-state index contributed by atoms with van der Waals surface area (Å²) in [6, 6.07) is 0. The minimum Gasteiger partial charge on any atom is -0.776 e. The summed E-state index contributed by atoms with van der Waals surface area (Å²) in [4.78, 5) is 55.5. The predicted molar refractivity (Wildman–Crippen MR) is 152 cm³/mol. The van der Waals surface area contributed by atoms with Crippen molar-refractivity contribution in [3.8, 4) is 0 Å². The Morgan fingerprint density at radius 2 is 1.60 bits per heavy atom. The van der Waals surface area contributed by atoms with Crippen molar-refractivity contribution < 1.29 is 83.4 Å². The van der Waals surface area contributed by atoms with E-state index in [2.05, 4.69) is 23.8 Å². The first-order valence-corrected chi connectivity index (χ1v) is 17.7. The van der Waals surface area contributed by atoms with E-state index >= 15 is 0 Å². The number of ether oxygens (including phenoxy) is 1. The molecule has 2 aromatic heterocycles. The monoisotopic (exact) mass is 834 g/mol. The number of phosphoric acid groups is 1. The molecule has 1 saturated heterocycles. The van der Waals surface area contributed by atoms with Crippen LogP contribution in [0.15, 0.2) is 11.5 Å². The Labute approximate surface area is 278 Å². The van der Waals surface area contributed by atoms with Gasteiger partial charge in [0.1, 0.15) is 24.9 Å². The molecule has 16 N–H and O–H groups in total. The molecule has 1 aliphatic heterocycles. The normalized spacial score (nSPS) is 24.0. The Bertz CT molecular complexity index is 1540.